The van der Waals surface area contributed by atoms with Crippen LogP contribution in [0.2, 0.25) is 0 Å². The summed E-state index contributed by atoms with van der Waals surface area (Å²) in [4.78, 5) is 24.1. The van der Waals surface area contributed by atoms with Crippen LogP contribution in [0.3, 0.4) is 0 Å². The van der Waals surface area contributed by atoms with Gasteiger partial charge in [0.15, 0.2) is 22.1 Å². The lowest BCUT2D eigenvalue weighted by molar-refractivity contribution is -0.118. The summed E-state index contributed by atoms with van der Waals surface area (Å²) in [6, 6.07) is 7.42. The number of hydrogen-bond acceptors (Lipinski definition) is 8. The predicted octanol–water partition coefficient (Wildman–Crippen LogP) is 2.16. The zero-order valence-corrected chi connectivity index (χ0v) is 16.8. The van der Waals surface area contributed by atoms with E-state index in [0.717, 1.165) is 5.56 Å². The molecule has 4 rings (SSSR count). The maximum atomic E-state index is 11.2. The van der Waals surface area contributed by atoms with Crippen molar-refractivity contribution in [2.75, 3.05) is 12.3 Å². The Balaban J connectivity index is 1.57. The number of nitrogens with zero attached hydrogens (tertiary/aromatic N) is 4. The number of terminal acetylenes is 1. The third-order valence-electron chi connectivity index (χ3n) is 4.31. The average Bonchev–Trinajstić information content (AvgIpc) is 3.34. The summed E-state index contributed by atoms with van der Waals surface area (Å²) in [6.07, 6.45) is 7.83. The number of ether oxygens (including phenoxy) is 2. The largest absolute Gasteiger partial charge is 0.454 e. The van der Waals surface area contributed by atoms with Gasteiger partial charge in [-0.05, 0) is 17.8 Å². The van der Waals surface area contributed by atoms with Crippen LogP contribution in [0.15, 0.2) is 47.1 Å². The van der Waals surface area contributed by atoms with Crippen LogP contribution >= 0.6 is 11.8 Å². The molecule has 1 amide bonds. The zero-order valence-electron chi connectivity index (χ0n) is 16.0. The highest BCUT2D eigenvalue weighted by Gasteiger charge is 2.26. The lowest BCUT2D eigenvalue weighted by Crippen LogP contribution is -2.24. The number of carbonyl (C=O) groups excluding carboxylic acids is 1. The van der Waals surface area contributed by atoms with E-state index in [2.05, 4.69) is 26.2 Å². The molecule has 3 N–H and O–H groups in total. The lowest BCUT2D eigenvalue weighted by atomic mass is 10.1. The van der Waals surface area contributed by atoms with E-state index in [4.69, 9.17) is 21.6 Å². The van der Waals surface area contributed by atoms with Gasteiger partial charge >= 0.3 is 0 Å². The van der Waals surface area contributed by atoms with Gasteiger partial charge in [0.05, 0.1) is 0 Å². The van der Waals surface area contributed by atoms with E-state index in [1.54, 1.807) is 0 Å². The molecule has 3 heterocycles. The summed E-state index contributed by atoms with van der Waals surface area (Å²) in [5.41, 5.74) is 8.48. The fourth-order valence-corrected chi connectivity index (χ4v) is 3.79. The second-order valence-electron chi connectivity index (χ2n) is 6.32. The molecule has 1 aliphatic heterocycles. The fourth-order valence-electron chi connectivity index (χ4n) is 2.94. The first kappa shape index (κ1) is 19.6. The number of aromatic nitrogens is 4. The van der Waals surface area contributed by atoms with Crippen molar-refractivity contribution in [3.05, 3.63) is 53.1 Å². The van der Waals surface area contributed by atoms with Gasteiger partial charge in [-0.25, -0.2) is 15.0 Å². The second-order valence-corrected chi connectivity index (χ2v) is 7.29. The smallest absolute Gasteiger partial charge is 0.269 e. The fraction of sp³-hybridized carbons (Fsp3) is 0.200. The summed E-state index contributed by atoms with van der Waals surface area (Å²) in [5, 5.41) is 3.86. The molecule has 2 aromatic heterocycles. The summed E-state index contributed by atoms with van der Waals surface area (Å²) >= 11 is 1.26. The van der Waals surface area contributed by atoms with Crippen molar-refractivity contribution in [1.82, 2.24) is 24.8 Å². The molecular formula is C20H18N6O3S. The third-order valence-corrected chi connectivity index (χ3v) is 5.20. The molecule has 1 atom stereocenters. The number of rotatable bonds is 6. The van der Waals surface area contributed by atoms with Crippen LogP contribution in [0.25, 0.3) is 11.2 Å². The second kappa shape index (κ2) is 8.34. The SMILES string of the molecule is C#Cc1ccccc1C1OC=C(Sc2nc3c(N)ncnc3n2CCNC(C)=O)O1. The van der Waals surface area contributed by atoms with Crippen molar-refractivity contribution >= 4 is 34.7 Å². The van der Waals surface area contributed by atoms with Gasteiger partial charge in [-0.15, -0.1) is 6.42 Å². The Bertz CT molecular complexity index is 1180. The molecule has 152 valence electrons. The monoisotopic (exact) mass is 422 g/mol. The van der Waals surface area contributed by atoms with E-state index >= 15 is 0 Å². The Morgan fingerprint density at radius 1 is 1.40 bits per heavy atom. The van der Waals surface area contributed by atoms with Crippen molar-refractivity contribution in [3.63, 3.8) is 0 Å². The van der Waals surface area contributed by atoms with Gasteiger partial charge in [0.2, 0.25) is 11.0 Å². The maximum Gasteiger partial charge on any atom is 0.269 e. The Morgan fingerprint density at radius 3 is 3.03 bits per heavy atom. The number of hydrogen-bond donors (Lipinski definition) is 2. The van der Waals surface area contributed by atoms with Crippen LogP contribution in [0.4, 0.5) is 5.82 Å². The Labute approximate surface area is 176 Å². The number of thioether (sulfide) groups is 1. The first-order valence-electron chi connectivity index (χ1n) is 9.03. The third kappa shape index (κ3) is 3.88. The summed E-state index contributed by atoms with van der Waals surface area (Å²) in [6.45, 7) is 2.32. The number of benzene rings is 1. The minimum absolute atomic E-state index is 0.118. The minimum Gasteiger partial charge on any atom is -0.454 e. The van der Waals surface area contributed by atoms with Gasteiger partial charge in [0, 0.05) is 31.1 Å². The molecular weight excluding hydrogens is 404 g/mol. The molecule has 10 heteroatoms. The lowest BCUT2D eigenvalue weighted by Gasteiger charge is -2.13. The molecule has 0 fully saturated rings. The predicted molar refractivity (Wildman–Crippen MR) is 112 cm³/mol. The van der Waals surface area contributed by atoms with Crippen molar-refractivity contribution in [2.45, 2.75) is 24.9 Å². The van der Waals surface area contributed by atoms with Crippen LogP contribution < -0.4 is 11.1 Å². The maximum absolute atomic E-state index is 11.2. The van der Waals surface area contributed by atoms with E-state index in [9.17, 15) is 4.79 Å². The van der Waals surface area contributed by atoms with E-state index in [0.29, 0.717) is 40.1 Å². The minimum atomic E-state index is -0.637. The van der Waals surface area contributed by atoms with Crippen molar-refractivity contribution < 1.29 is 14.3 Å². The number of imidazole rings is 1. The van der Waals surface area contributed by atoms with E-state index in [-0.39, 0.29) is 11.7 Å². The Morgan fingerprint density at radius 2 is 2.23 bits per heavy atom. The highest BCUT2D eigenvalue weighted by Crippen LogP contribution is 2.39. The molecule has 0 spiro atoms. The molecule has 9 nitrogen and oxygen atoms in total. The van der Waals surface area contributed by atoms with Crippen LogP contribution in [0.1, 0.15) is 24.3 Å². The van der Waals surface area contributed by atoms with E-state index in [1.165, 1.54) is 31.3 Å². The Hall–Kier alpha value is -3.71. The molecule has 30 heavy (non-hydrogen) atoms. The van der Waals surface area contributed by atoms with Crippen molar-refractivity contribution in [2.24, 2.45) is 0 Å². The molecule has 0 saturated heterocycles. The Kier molecular flexibility index (Phi) is 5.45. The summed E-state index contributed by atoms with van der Waals surface area (Å²) in [7, 11) is 0. The molecule has 1 aliphatic rings. The first-order chi connectivity index (χ1) is 14.6. The van der Waals surface area contributed by atoms with E-state index in [1.807, 2.05) is 28.8 Å². The molecule has 0 aliphatic carbocycles. The van der Waals surface area contributed by atoms with Gasteiger partial charge in [-0.3, -0.25) is 4.79 Å². The number of anilines is 1. The number of amides is 1. The first-order valence-corrected chi connectivity index (χ1v) is 9.85. The van der Waals surface area contributed by atoms with Gasteiger partial charge < -0.3 is 25.1 Å². The molecule has 1 aromatic carbocycles. The molecule has 3 aromatic rings. The standard InChI is InChI=1S/C20H18N6O3S/c1-3-13-6-4-5-7-14(13)19-28-10-15(29-19)30-20-25-16-17(21)23-11-24-18(16)26(20)9-8-22-12(2)27/h1,4-7,10-11,19H,8-9H2,2H3,(H,22,27)(H2,21,23,24). The topological polar surface area (TPSA) is 117 Å². The molecule has 0 saturated carbocycles. The highest BCUT2D eigenvalue weighted by molar-refractivity contribution is 8.02. The summed E-state index contributed by atoms with van der Waals surface area (Å²) < 4.78 is 13.5. The van der Waals surface area contributed by atoms with Gasteiger partial charge in [0.1, 0.15) is 12.6 Å². The molecule has 1 unspecified atom stereocenters. The highest BCUT2D eigenvalue weighted by atomic mass is 32.2. The van der Waals surface area contributed by atoms with Crippen LogP contribution in [-0.4, -0.2) is 32.0 Å². The normalized spacial score (nSPS) is 15.2. The zero-order chi connectivity index (χ0) is 21.1. The van der Waals surface area contributed by atoms with Gasteiger partial charge in [-0.1, -0.05) is 24.1 Å². The van der Waals surface area contributed by atoms with Crippen LogP contribution in [0, 0.1) is 12.3 Å². The van der Waals surface area contributed by atoms with Gasteiger partial charge in [0.25, 0.3) is 6.29 Å². The van der Waals surface area contributed by atoms with Crippen molar-refractivity contribution in [3.8, 4) is 12.3 Å². The van der Waals surface area contributed by atoms with Crippen molar-refractivity contribution in [1.29, 1.82) is 0 Å². The van der Waals surface area contributed by atoms with Gasteiger partial charge in [-0.2, -0.15) is 0 Å². The number of nitrogens with one attached hydrogen (secondary N) is 1. The van der Waals surface area contributed by atoms with Crippen LogP contribution in [0.5, 0.6) is 0 Å². The molecule has 0 bridgehead atoms. The number of nitrogen functional groups attached to an aromatic ring is 1. The summed E-state index contributed by atoms with van der Waals surface area (Å²) in [5.74, 6) is 2.79. The van der Waals surface area contributed by atoms with E-state index < -0.39 is 6.29 Å². The number of fused-ring (bicyclic) bond motifs is 1. The molecule has 0 radical (unpaired) electrons. The quantitative estimate of drug-likeness (QED) is 0.581. The number of nitrogens with two attached hydrogens (primary N) is 1. The number of carbonyl (C=O) groups is 1. The van der Waals surface area contributed by atoms with Crippen LogP contribution in [-0.2, 0) is 20.8 Å². The average molecular weight is 422 g/mol.